The highest BCUT2D eigenvalue weighted by Gasteiger charge is 2.27. The SMILES string of the molecule is CC=C(C)CCCCCCOCc1ccccc1.O=P(O)(O)OP(=O)(O)O. The highest BCUT2D eigenvalue weighted by molar-refractivity contribution is 7.60. The fourth-order valence-electron chi connectivity index (χ4n) is 2.01. The molecule has 0 saturated heterocycles. The van der Waals surface area contributed by atoms with Crippen LogP contribution < -0.4 is 0 Å². The van der Waals surface area contributed by atoms with Crippen LogP contribution in [0.3, 0.4) is 0 Å². The van der Waals surface area contributed by atoms with Gasteiger partial charge in [0, 0.05) is 6.61 Å². The van der Waals surface area contributed by atoms with Crippen molar-refractivity contribution in [2.24, 2.45) is 0 Å². The van der Waals surface area contributed by atoms with Gasteiger partial charge in [-0.1, -0.05) is 54.8 Å². The summed E-state index contributed by atoms with van der Waals surface area (Å²) in [5.41, 5.74) is 2.77. The second kappa shape index (κ2) is 14.2. The van der Waals surface area contributed by atoms with Crippen LogP contribution in [-0.4, -0.2) is 26.2 Å². The first-order valence-corrected chi connectivity index (χ1v) is 11.7. The monoisotopic (exact) mass is 424 g/mol. The topological polar surface area (TPSA) is 134 Å². The van der Waals surface area contributed by atoms with Gasteiger partial charge in [-0.25, -0.2) is 9.13 Å². The van der Waals surface area contributed by atoms with Crippen LogP contribution >= 0.6 is 15.6 Å². The summed E-state index contributed by atoms with van der Waals surface area (Å²) >= 11 is 0. The van der Waals surface area contributed by atoms with Gasteiger partial charge < -0.3 is 24.3 Å². The normalized spacial score (nSPS) is 12.4. The van der Waals surface area contributed by atoms with E-state index in [2.05, 4.69) is 48.5 Å². The first-order valence-electron chi connectivity index (χ1n) is 8.59. The minimum atomic E-state index is -5.05. The highest BCUT2D eigenvalue weighted by atomic mass is 31.3. The molecule has 27 heavy (non-hydrogen) atoms. The molecule has 8 nitrogen and oxygen atoms in total. The Morgan fingerprint density at radius 1 is 0.963 bits per heavy atom. The van der Waals surface area contributed by atoms with Gasteiger partial charge in [-0.3, -0.25) is 0 Å². The molecule has 0 amide bonds. The van der Waals surface area contributed by atoms with Crippen LogP contribution in [0.2, 0.25) is 0 Å². The average molecular weight is 424 g/mol. The van der Waals surface area contributed by atoms with E-state index in [4.69, 9.17) is 24.3 Å². The Morgan fingerprint density at radius 3 is 2.00 bits per heavy atom. The minimum Gasteiger partial charge on any atom is -0.377 e. The number of benzene rings is 1. The Balaban J connectivity index is 0.000000636. The van der Waals surface area contributed by atoms with Crippen LogP contribution in [0.15, 0.2) is 42.0 Å². The molecule has 0 spiro atoms. The maximum Gasteiger partial charge on any atom is 0.478 e. The molecular weight excluding hydrogens is 394 g/mol. The zero-order valence-electron chi connectivity index (χ0n) is 15.7. The lowest BCUT2D eigenvalue weighted by atomic mass is 10.1. The van der Waals surface area contributed by atoms with E-state index >= 15 is 0 Å². The van der Waals surface area contributed by atoms with Crippen molar-refractivity contribution in [3.63, 3.8) is 0 Å². The van der Waals surface area contributed by atoms with E-state index < -0.39 is 15.6 Å². The van der Waals surface area contributed by atoms with Gasteiger partial charge in [0.05, 0.1) is 6.61 Å². The van der Waals surface area contributed by atoms with Crippen LogP contribution in [0.4, 0.5) is 0 Å². The average Bonchev–Trinajstić information content (AvgIpc) is 2.55. The second-order valence-corrected chi connectivity index (χ2v) is 8.52. The van der Waals surface area contributed by atoms with E-state index in [9.17, 15) is 9.13 Å². The number of unbranched alkanes of at least 4 members (excludes halogenated alkanes) is 3. The molecule has 4 N–H and O–H groups in total. The second-order valence-electron chi connectivity index (χ2n) is 5.90. The number of hydrogen-bond acceptors (Lipinski definition) is 4. The number of allylic oxidation sites excluding steroid dienone is 2. The van der Waals surface area contributed by atoms with Crippen molar-refractivity contribution in [3.05, 3.63) is 47.5 Å². The number of hydrogen-bond donors (Lipinski definition) is 4. The molecule has 1 aromatic carbocycles. The Bertz CT molecular complexity index is 601. The standard InChI is InChI=1S/C17H26O.H4O7P2/c1-3-16(2)11-7-4-5-10-14-18-15-17-12-8-6-9-13-17;1-8(2,3)7-9(4,5)6/h3,6,8-9,12-13H,4-5,7,10-11,14-15H2,1-2H3;(H2,1,2,3)(H2,4,5,6). The molecule has 156 valence electrons. The smallest absolute Gasteiger partial charge is 0.377 e. The van der Waals surface area contributed by atoms with E-state index in [-0.39, 0.29) is 0 Å². The van der Waals surface area contributed by atoms with Gasteiger partial charge in [0.25, 0.3) is 0 Å². The van der Waals surface area contributed by atoms with Crippen molar-refractivity contribution in [2.45, 2.75) is 52.6 Å². The van der Waals surface area contributed by atoms with Gasteiger partial charge in [0.15, 0.2) is 0 Å². The summed E-state index contributed by atoms with van der Waals surface area (Å²) in [5.74, 6) is 0. The van der Waals surface area contributed by atoms with Crippen molar-refractivity contribution >= 4 is 15.6 Å². The molecule has 0 saturated carbocycles. The first kappa shape index (κ1) is 26.2. The van der Waals surface area contributed by atoms with Gasteiger partial charge in [-0.2, -0.15) is 4.31 Å². The van der Waals surface area contributed by atoms with Crippen LogP contribution in [0.5, 0.6) is 0 Å². The van der Waals surface area contributed by atoms with Gasteiger partial charge in [0.1, 0.15) is 0 Å². The van der Waals surface area contributed by atoms with E-state index in [0.717, 1.165) is 13.2 Å². The maximum atomic E-state index is 9.63. The van der Waals surface area contributed by atoms with E-state index in [1.807, 2.05) is 6.07 Å². The third kappa shape index (κ3) is 19.7. The summed E-state index contributed by atoms with van der Waals surface area (Å²) in [6.45, 7) is 5.96. The lowest BCUT2D eigenvalue weighted by molar-refractivity contribution is 0.116. The fraction of sp³-hybridized carbons (Fsp3) is 0.529. The molecular formula is C17H30O8P2. The highest BCUT2D eigenvalue weighted by Crippen LogP contribution is 2.53. The molecule has 0 aliphatic heterocycles. The van der Waals surface area contributed by atoms with Gasteiger partial charge in [0.2, 0.25) is 0 Å². The minimum absolute atomic E-state index is 0.749. The molecule has 0 aliphatic rings. The Kier molecular flexibility index (Phi) is 13.8. The fourth-order valence-corrected chi connectivity index (χ4v) is 3.12. The maximum absolute atomic E-state index is 9.63. The summed E-state index contributed by atoms with van der Waals surface area (Å²) in [5, 5.41) is 0. The quantitative estimate of drug-likeness (QED) is 0.235. The van der Waals surface area contributed by atoms with Crippen molar-refractivity contribution in [1.29, 1.82) is 0 Å². The number of ether oxygens (including phenoxy) is 1. The largest absolute Gasteiger partial charge is 0.478 e. The lowest BCUT2D eigenvalue weighted by Gasteiger charge is -2.04. The number of rotatable bonds is 11. The molecule has 0 aromatic heterocycles. The van der Waals surface area contributed by atoms with Crippen molar-refractivity contribution < 1.29 is 37.8 Å². The summed E-state index contributed by atoms with van der Waals surface area (Å²) < 4.78 is 27.9. The van der Waals surface area contributed by atoms with Crippen molar-refractivity contribution in [2.75, 3.05) is 6.61 Å². The predicted octanol–water partition coefficient (Wildman–Crippen LogP) is 4.31. The molecule has 0 fully saturated rings. The summed E-state index contributed by atoms with van der Waals surface area (Å²) in [6, 6.07) is 10.4. The van der Waals surface area contributed by atoms with Crippen molar-refractivity contribution in [1.82, 2.24) is 0 Å². The van der Waals surface area contributed by atoms with Crippen LogP contribution in [0, 0.1) is 0 Å². The van der Waals surface area contributed by atoms with E-state index in [0.29, 0.717) is 0 Å². The van der Waals surface area contributed by atoms with Crippen LogP contribution in [-0.2, 0) is 24.8 Å². The molecule has 1 rings (SSSR count). The molecule has 0 aliphatic carbocycles. The predicted molar refractivity (Wildman–Crippen MR) is 104 cm³/mol. The van der Waals surface area contributed by atoms with Gasteiger partial charge >= 0.3 is 15.6 Å². The molecule has 0 radical (unpaired) electrons. The number of phosphoric acid groups is 2. The first-order chi connectivity index (χ1) is 12.5. The van der Waals surface area contributed by atoms with E-state index in [1.165, 1.54) is 43.2 Å². The lowest BCUT2D eigenvalue weighted by Crippen LogP contribution is -1.95. The van der Waals surface area contributed by atoms with Crippen molar-refractivity contribution in [3.8, 4) is 0 Å². The third-order valence-electron chi connectivity index (χ3n) is 3.43. The van der Waals surface area contributed by atoms with Crippen LogP contribution in [0.25, 0.3) is 0 Å². The van der Waals surface area contributed by atoms with Crippen LogP contribution in [0.1, 0.15) is 51.5 Å². The Hall–Kier alpha value is -0.820. The third-order valence-corrected chi connectivity index (χ3v) is 5.13. The zero-order chi connectivity index (χ0) is 20.8. The molecule has 1 aromatic rings. The summed E-state index contributed by atoms with van der Waals surface area (Å²) in [4.78, 5) is 31.0. The Labute approximate surface area is 160 Å². The van der Waals surface area contributed by atoms with E-state index in [1.54, 1.807) is 0 Å². The molecule has 0 bridgehead atoms. The Morgan fingerprint density at radius 2 is 1.52 bits per heavy atom. The molecule has 10 heteroatoms. The summed E-state index contributed by atoms with van der Waals surface area (Å²) in [7, 11) is -10.1. The summed E-state index contributed by atoms with van der Waals surface area (Å²) in [6.07, 6.45) is 8.56. The molecule has 0 heterocycles. The van der Waals surface area contributed by atoms with Gasteiger partial charge in [-0.15, -0.1) is 0 Å². The zero-order valence-corrected chi connectivity index (χ0v) is 17.5. The molecule has 0 atom stereocenters. The molecule has 0 unspecified atom stereocenters. The van der Waals surface area contributed by atoms with Gasteiger partial charge in [-0.05, 0) is 38.7 Å².